The Balaban J connectivity index is 1.54. The number of rotatable bonds is 4. The summed E-state index contributed by atoms with van der Waals surface area (Å²) in [5.41, 5.74) is 5.52. The van der Waals surface area contributed by atoms with Crippen LogP contribution in [0.4, 0.5) is 5.82 Å². The molecule has 1 aliphatic rings. The largest absolute Gasteiger partial charge is 0.489 e. The van der Waals surface area contributed by atoms with Crippen LogP contribution in [0.1, 0.15) is 40.1 Å². The summed E-state index contributed by atoms with van der Waals surface area (Å²) in [6, 6.07) is 16.4. The molecule has 0 saturated carbocycles. The lowest BCUT2D eigenvalue weighted by Crippen LogP contribution is -2.21. The zero-order valence-electron chi connectivity index (χ0n) is 16.2. The number of hydrogen-bond donors (Lipinski definition) is 2. The van der Waals surface area contributed by atoms with Crippen LogP contribution in [-0.4, -0.2) is 21.4 Å². The van der Waals surface area contributed by atoms with E-state index in [0.717, 1.165) is 28.1 Å². The lowest BCUT2D eigenvalue weighted by atomic mass is 10.0. The van der Waals surface area contributed by atoms with Crippen molar-refractivity contribution < 1.29 is 9.53 Å². The molecule has 0 unspecified atom stereocenters. The SMILES string of the molecule is Cc1cccc(COc2ccc([C@H]3S[C@@H](C)C(=O)Nc4n[nH]c(C)c43)cc2)c1. The number of hydrogen-bond acceptors (Lipinski definition) is 4. The summed E-state index contributed by atoms with van der Waals surface area (Å²) >= 11 is 1.63. The number of fused-ring (bicyclic) bond motifs is 1. The summed E-state index contributed by atoms with van der Waals surface area (Å²) in [4.78, 5) is 12.3. The second kappa shape index (κ2) is 7.72. The number of ether oxygens (including phenoxy) is 1. The van der Waals surface area contributed by atoms with E-state index in [-0.39, 0.29) is 16.4 Å². The Morgan fingerprint density at radius 3 is 2.68 bits per heavy atom. The normalized spacial score (nSPS) is 18.9. The molecule has 0 aliphatic carbocycles. The van der Waals surface area contributed by atoms with Crippen LogP contribution < -0.4 is 10.1 Å². The van der Waals surface area contributed by atoms with E-state index in [1.165, 1.54) is 5.56 Å². The van der Waals surface area contributed by atoms with Crippen LogP contribution in [0.2, 0.25) is 0 Å². The van der Waals surface area contributed by atoms with E-state index in [1.807, 2.05) is 32.0 Å². The topological polar surface area (TPSA) is 67.0 Å². The van der Waals surface area contributed by atoms with Gasteiger partial charge in [0.05, 0.1) is 10.5 Å². The number of aromatic amines is 1. The summed E-state index contributed by atoms with van der Waals surface area (Å²) in [6.07, 6.45) is 0. The third-order valence-corrected chi connectivity index (χ3v) is 6.28. The van der Waals surface area contributed by atoms with E-state index in [1.54, 1.807) is 11.8 Å². The monoisotopic (exact) mass is 393 g/mol. The lowest BCUT2D eigenvalue weighted by Gasteiger charge is -2.18. The number of aromatic nitrogens is 2. The summed E-state index contributed by atoms with van der Waals surface area (Å²) in [5.74, 6) is 1.44. The molecule has 28 heavy (non-hydrogen) atoms. The number of thioether (sulfide) groups is 1. The molecule has 1 amide bonds. The van der Waals surface area contributed by atoms with Gasteiger partial charge in [0.25, 0.3) is 0 Å². The molecule has 2 aromatic carbocycles. The van der Waals surface area contributed by atoms with Gasteiger partial charge in [0.1, 0.15) is 12.4 Å². The first-order valence-corrected chi connectivity index (χ1v) is 10.2. The standard InChI is InChI=1S/C22H23N3O2S/c1-13-5-4-6-16(11-13)12-27-18-9-7-17(8-10-18)20-19-14(2)24-25-21(19)23-22(26)15(3)28-20/h4-11,15,20H,12H2,1-3H3,(H2,23,24,25,26)/t15-,20+/m0/s1. The predicted molar refractivity (Wildman–Crippen MR) is 113 cm³/mol. The molecule has 0 radical (unpaired) electrons. The maximum atomic E-state index is 12.3. The zero-order valence-corrected chi connectivity index (χ0v) is 17.0. The van der Waals surface area contributed by atoms with Gasteiger partial charge in [-0.05, 0) is 44.0 Å². The third kappa shape index (κ3) is 3.78. The summed E-state index contributed by atoms with van der Waals surface area (Å²) < 4.78 is 5.94. The Morgan fingerprint density at radius 2 is 1.93 bits per heavy atom. The van der Waals surface area contributed by atoms with E-state index in [2.05, 4.69) is 52.8 Å². The fraction of sp³-hybridized carbons (Fsp3) is 0.273. The van der Waals surface area contributed by atoms with Gasteiger partial charge in [-0.1, -0.05) is 42.0 Å². The predicted octanol–water partition coefficient (Wildman–Crippen LogP) is 4.77. The fourth-order valence-corrected chi connectivity index (χ4v) is 4.69. The number of nitrogens with one attached hydrogen (secondary N) is 2. The quantitative estimate of drug-likeness (QED) is 0.670. The average Bonchev–Trinajstić information content (AvgIpc) is 2.98. The maximum absolute atomic E-state index is 12.3. The van der Waals surface area contributed by atoms with Crippen molar-refractivity contribution >= 4 is 23.5 Å². The van der Waals surface area contributed by atoms with E-state index in [0.29, 0.717) is 12.4 Å². The van der Waals surface area contributed by atoms with Gasteiger partial charge in [-0.15, -0.1) is 11.8 Å². The Morgan fingerprint density at radius 1 is 1.14 bits per heavy atom. The molecule has 5 nitrogen and oxygen atoms in total. The lowest BCUT2D eigenvalue weighted by molar-refractivity contribution is -0.115. The molecule has 2 atom stereocenters. The number of aryl methyl sites for hydroxylation is 2. The van der Waals surface area contributed by atoms with Crippen molar-refractivity contribution in [3.05, 3.63) is 76.5 Å². The third-order valence-electron chi connectivity index (χ3n) is 4.88. The smallest absolute Gasteiger partial charge is 0.238 e. The average molecular weight is 394 g/mol. The van der Waals surface area contributed by atoms with Crippen LogP contribution in [0.15, 0.2) is 48.5 Å². The number of benzene rings is 2. The molecular weight excluding hydrogens is 370 g/mol. The van der Waals surface area contributed by atoms with E-state index in [4.69, 9.17) is 4.74 Å². The number of carbonyl (C=O) groups is 1. The Labute approximate surface area is 168 Å². The molecule has 3 aromatic rings. The first-order chi connectivity index (χ1) is 13.5. The number of nitrogens with zero attached hydrogens (tertiary/aromatic N) is 1. The highest BCUT2D eigenvalue weighted by molar-refractivity contribution is 8.01. The minimum atomic E-state index is -0.157. The van der Waals surface area contributed by atoms with Crippen LogP contribution in [0, 0.1) is 13.8 Å². The summed E-state index contributed by atoms with van der Waals surface area (Å²) in [6.45, 7) is 6.53. The first-order valence-electron chi connectivity index (χ1n) is 9.31. The molecular formula is C22H23N3O2S. The van der Waals surface area contributed by atoms with Crippen molar-refractivity contribution in [2.24, 2.45) is 0 Å². The second-order valence-electron chi connectivity index (χ2n) is 7.11. The van der Waals surface area contributed by atoms with Gasteiger partial charge in [-0.25, -0.2) is 0 Å². The molecule has 0 fully saturated rings. The fourth-order valence-electron chi connectivity index (χ4n) is 3.36. The van der Waals surface area contributed by atoms with Crippen LogP contribution in [0.25, 0.3) is 0 Å². The Kier molecular flexibility index (Phi) is 5.13. The molecule has 1 aromatic heterocycles. The van der Waals surface area contributed by atoms with Gasteiger partial charge < -0.3 is 10.1 Å². The van der Waals surface area contributed by atoms with Crippen LogP contribution in [0.3, 0.4) is 0 Å². The van der Waals surface area contributed by atoms with Crippen molar-refractivity contribution in [3.63, 3.8) is 0 Å². The molecule has 4 rings (SSSR count). The number of amides is 1. The molecule has 6 heteroatoms. The molecule has 1 aliphatic heterocycles. The molecule has 144 valence electrons. The number of H-pyrrole nitrogens is 1. The van der Waals surface area contributed by atoms with Gasteiger partial charge in [0.15, 0.2) is 5.82 Å². The van der Waals surface area contributed by atoms with Crippen molar-refractivity contribution in [1.82, 2.24) is 10.2 Å². The molecule has 0 saturated heterocycles. The highest BCUT2D eigenvalue weighted by atomic mass is 32.2. The number of carbonyl (C=O) groups excluding carboxylic acids is 1. The highest BCUT2D eigenvalue weighted by Crippen LogP contribution is 2.44. The van der Waals surface area contributed by atoms with Gasteiger partial charge in [-0.2, -0.15) is 5.10 Å². The minimum Gasteiger partial charge on any atom is -0.489 e. The molecule has 0 bridgehead atoms. The van der Waals surface area contributed by atoms with Gasteiger partial charge >= 0.3 is 0 Å². The van der Waals surface area contributed by atoms with Crippen molar-refractivity contribution in [2.45, 2.75) is 37.9 Å². The van der Waals surface area contributed by atoms with E-state index >= 15 is 0 Å². The van der Waals surface area contributed by atoms with Crippen molar-refractivity contribution in [1.29, 1.82) is 0 Å². The van der Waals surface area contributed by atoms with Crippen LogP contribution in [0.5, 0.6) is 5.75 Å². The van der Waals surface area contributed by atoms with Gasteiger partial charge in [0, 0.05) is 11.3 Å². The van der Waals surface area contributed by atoms with Gasteiger partial charge in [0.2, 0.25) is 5.91 Å². The van der Waals surface area contributed by atoms with Crippen LogP contribution in [-0.2, 0) is 11.4 Å². The van der Waals surface area contributed by atoms with E-state index in [9.17, 15) is 4.79 Å². The van der Waals surface area contributed by atoms with Crippen LogP contribution >= 0.6 is 11.8 Å². The van der Waals surface area contributed by atoms with Crippen molar-refractivity contribution in [3.8, 4) is 5.75 Å². The molecule has 2 N–H and O–H groups in total. The van der Waals surface area contributed by atoms with Gasteiger partial charge in [-0.3, -0.25) is 9.89 Å². The summed E-state index contributed by atoms with van der Waals surface area (Å²) in [7, 11) is 0. The number of anilines is 1. The molecule has 0 spiro atoms. The Hall–Kier alpha value is -2.73. The molecule has 2 heterocycles. The maximum Gasteiger partial charge on any atom is 0.238 e. The summed E-state index contributed by atoms with van der Waals surface area (Å²) in [5, 5.41) is 10.1. The Bertz CT molecular complexity index is 997. The minimum absolute atomic E-state index is 0.0154. The first kappa shape index (κ1) is 18.6. The zero-order chi connectivity index (χ0) is 19.7. The highest BCUT2D eigenvalue weighted by Gasteiger charge is 2.32. The van der Waals surface area contributed by atoms with Crippen molar-refractivity contribution in [2.75, 3.05) is 5.32 Å². The second-order valence-corrected chi connectivity index (χ2v) is 8.56. The van der Waals surface area contributed by atoms with E-state index < -0.39 is 0 Å².